The summed E-state index contributed by atoms with van der Waals surface area (Å²) in [6.07, 6.45) is 7.60. The molecule has 7 nitrogen and oxygen atoms in total. The van der Waals surface area contributed by atoms with Gasteiger partial charge < -0.3 is 14.8 Å². The number of carbonyl (C=O) groups is 1. The number of urea groups is 1. The molecule has 1 N–H and O–H groups in total. The average molecular weight is 338 g/mol. The molecule has 0 saturated carbocycles. The van der Waals surface area contributed by atoms with Gasteiger partial charge in [-0.3, -0.25) is 0 Å². The molecule has 25 heavy (non-hydrogen) atoms. The van der Waals surface area contributed by atoms with Gasteiger partial charge in [0.2, 0.25) is 0 Å². The summed E-state index contributed by atoms with van der Waals surface area (Å²) in [5.41, 5.74) is 1.97. The van der Waals surface area contributed by atoms with E-state index in [1.54, 1.807) is 6.20 Å². The fourth-order valence-corrected chi connectivity index (χ4v) is 3.51. The first kappa shape index (κ1) is 15.7. The quantitative estimate of drug-likeness (QED) is 0.798. The average Bonchev–Trinajstić information content (AvgIpc) is 3.31. The van der Waals surface area contributed by atoms with Crippen molar-refractivity contribution in [3.63, 3.8) is 0 Å². The maximum atomic E-state index is 12.7. The molecule has 3 heterocycles. The van der Waals surface area contributed by atoms with Gasteiger partial charge in [0, 0.05) is 37.7 Å². The van der Waals surface area contributed by atoms with Gasteiger partial charge in [0.25, 0.3) is 0 Å². The number of hydrogen-bond donors (Lipinski definition) is 1. The second kappa shape index (κ2) is 6.58. The van der Waals surface area contributed by atoms with Crippen LogP contribution in [0.3, 0.4) is 0 Å². The van der Waals surface area contributed by atoms with Crippen LogP contribution in [0, 0.1) is 0 Å². The lowest BCUT2D eigenvalue weighted by atomic mass is 10.1. The molecule has 0 spiro atoms. The molecule has 1 saturated heterocycles. The first-order valence-electron chi connectivity index (χ1n) is 8.75. The molecule has 1 atom stereocenters. The van der Waals surface area contributed by atoms with Gasteiger partial charge in [-0.15, -0.1) is 5.10 Å². The Morgan fingerprint density at radius 3 is 3.04 bits per heavy atom. The summed E-state index contributed by atoms with van der Waals surface area (Å²) in [5, 5.41) is 12.2. The van der Waals surface area contributed by atoms with E-state index in [2.05, 4.69) is 39.4 Å². The number of fused-ring (bicyclic) bond motifs is 1. The van der Waals surface area contributed by atoms with E-state index in [0.29, 0.717) is 6.54 Å². The molecule has 0 aliphatic carbocycles. The highest BCUT2D eigenvalue weighted by atomic mass is 16.2. The summed E-state index contributed by atoms with van der Waals surface area (Å²) in [6, 6.07) is 8.28. The largest absolute Gasteiger partial charge is 0.348 e. The van der Waals surface area contributed by atoms with Crippen molar-refractivity contribution >= 4 is 22.6 Å². The van der Waals surface area contributed by atoms with Crippen LogP contribution in [0.5, 0.6) is 0 Å². The molecule has 2 aromatic heterocycles. The molecule has 130 valence electrons. The number of hydrogen-bond acceptors (Lipinski definition) is 3. The Hall–Kier alpha value is -2.83. The highest BCUT2D eigenvalue weighted by Gasteiger charge is 2.25. The van der Waals surface area contributed by atoms with Crippen LogP contribution in [0.4, 0.5) is 10.5 Å². The van der Waals surface area contributed by atoms with Gasteiger partial charge >= 0.3 is 6.03 Å². The Morgan fingerprint density at radius 1 is 1.32 bits per heavy atom. The van der Waals surface area contributed by atoms with Crippen LogP contribution in [0.1, 0.15) is 25.8 Å². The highest BCUT2D eigenvalue weighted by Crippen LogP contribution is 2.23. The van der Waals surface area contributed by atoms with Gasteiger partial charge in [-0.25, -0.2) is 9.48 Å². The second-order valence-corrected chi connectivity index (χ2v) is 6.43. The zero-order chi connectivity index (χ0) is 17.2. The number of piperidine rings is 1. The number of anilines is 1. The van der Waals surface area contributed by atoms with Gasteiger partial charge in [-0.2, -0.15) is 0 Å². The van der Waals surface area contributed by atoms with Gasteiger partial charge in [0.1, 0.15) is 0 Å². The van der Waals surface area contributed by atoms with E-state index in [0.717, 1.165) is 37.1 Å². The Balaban J connectivity index is 1.47. The van der Waals surface area contributed by atoms with Crippen LogP contribution in [0.15, 0.2) is 42.9 Å². The van der Waals surface area contributed by atoms with E-state index in [4.69, 9.17) is 0 Å². The third-order valence-electron chi connectivity index (χ3n) is 4.86. The number of amides is 2. The predicted molar refractivity (Wildman–Crippen MR) is 96.5 cm³/mol. The van der Waals surface area contributed by atoms with Crippen molar-refractivity contribution in [1.29, 1.82) is 0 Å². The van der Waals surface area contributed by atoms with E-state index in [1.807, 2.05) is 34.0 Å². The van der Waals surface area contributed by atoms with Crippen molar-refractivity contribution in [1.82, 2.24) is 24.5 Å². The van der Waals surface area contributed by atoms with Crippen molar-refractivity contribution in [3.05, 3.63) is 42.9 Å². The number of nitrogens with one attached hydrogen (secondary N) is 1. The molecule has 7 heteroatoms. The Morgan fingerprint density at radius 2 is 2.24 bits per heavy atom. The van der Waals surface area contributed by atoms with Crippen molar-refractivity contribution in [2.45, 2.75) is 32.4 Å². The van der Waals surface area contributed by atoms with E-state index in [-0.39, 0.29) is 12.1 Å². The fraction of sp³-hybridized carbons (Fsp3) is 0.389. The zero-order valence-corrected chi connectivity index (χ0v) is 14.3. The molecule has 0 radical (unpaired) electrons. The molecule has 3 aromatic rings. The summed E-state index contributed by atoms with van der Waals surface area (Å²) >= 11 is 0. The molecule has 1 fully saturated rings. The van der Waals surface area contributed by atoms with E-state index >= 15 is 0 Å². The summed E-state index contributed by atoms with van der Waals surface area (Å²) in [4.78, 5) is 14.5. The number of aromatic nitrogens is 4. The molecule has 1 aliphatic rings. The molecule has 1 aromatic carbocycles. The standard InChI is InChI=1S/C18H22N6O/c1-2-22-10-7-14-5-6-15(12-17(14)22)20-18(25)23-9-3-4-16(13-23)24-11-8-19-21-24/h5-8,10-12,16H,2-4,9,13H2,1H3,(H,20,25). The zero-order valence-electron chi connectivity index (χ0n) is 14.3. The predicted octanol–water partition coefficient (Wildman–Crippen LogP) is 3.12. The minimum Gasteiger partial charge on any atom is -0.348 e. The van der Waals surface area contributed by atoms with Crippen LogP contribution in [0.2, 0.25) is 0 Å². The smallest absolute Gasteiger partial charge is 0.321 e. The Labute approximate surface area is 146 Å². The summed E-state index contributed by atoms with van der Waals surface area (Å²) in [5.74, 6) is 0. The van der Waals surface area contributed by atoms with Crippen LogP contribution in [0.25, 0.3) is 10.9 Å². The molecule has 0 bridgehead atoms. The molecule has 4 rings (SSSR count). The number of nitrogens with zero attached hydrogens (tertiary/aromatic N) is 5. The van der Waals surface area contributed by atoms with Crippen LogP contribution < -0.4 is 5.32 Å². The molecule has 1 aliphatic heterocycles. The Kier molecular flexibility index (Phi) is 4.13. The third-order valence-corrected chi connectivity index (χ3v) is 4.86. The fourth-order valence-electron chi connectivity index (χ4n) is 3.51. The summed E-state index contributed by atoms with van der Waals surface area (Å²) < 4.78 is 4.02. The highest BCUT2D eigenvalue weighted by molar-refractivity contribution is 5.93. The third kappa shape index (κ3) is 3.09. The maximum absolute atomic E-state index is 12.7. The lowest BCUT2D eigenvalue weighted by molar-refractivity contribution is 0.174. The van der Waals surface area contributed by atoms with Crippen molar-refractivity contribution in [2.75, 3.05) is 18.4 Å². The lowest BCUT2D eigenvalue weighted by Gasteiger charge is -2.32. The topological polar surface area (TPSA) is 68.0 Å². The number of likely N-dealkylation sites (tertiary alicyclic amines) is 1. The van der Waals surface area contributed by atoms with Crippen molar-refractivity contribution < 1.29 is 4.79 Å². The molecular formula is C18H22N6O. The van der Waals surface area contributed by atoms with Gasteiger partial charge in [0.15, 0.2) is 0 Å². The number of aryl methyl sites for hydroxylation is 1. The van der Waals surface area contributed by atoms with Crippen molar-refractivity contribution in [2.24, 2.45) is 0 Å². The number of rotatable bonds is 3. The summed E-state index contributed by atoms with van der Waals surface area (Å²) in [6.45, 7) is 4.45. The SMILES string of the molecule is CCn1ccc2ccc(NC(=O)N3CCCC(n4ccnn4)C3)cc21. The molecule has 2 amide bonds. The van der Waals surface area contributed by atoms with Gasteiger partial charge in [0.05, 0.1) is 17.8 Å². The maximum Gasteiger partial charge on any atom is 0.321 e. The first-order chi connectivity index (χ1) is 12.2. The van der Waals surface area contributed by atoms with Crippen LogP contribution >= 0.6 is 0 Å². The van der Waals surface area contributed by atoms with E-state index < -0.39 is 0 Å². The lowest BCUT2D eigenvalue weighted by Crippen LogP contribution is -2.43. The van der Waals surface area contributed by atoms with Crippen LogP contribution in [-0.2, 0) is 6.54 Å². The minimum atomic E-state index is -0.0567. The minimum absolute atomic E-state index is 0.0567. The van der Waals surface area contributed by atoms with Crippen molar-refractivity contribution in [3.8, 4) is 0 Å². The normalized spacial score (nSPS) is 17.8. The summed E-state index contributed by atoms with van der Waals surface area (Å²) in [7, 11) is 0. The molecular weight excluding hydrogens is 316 g/mol. The van der Waals surface area contributed by atoms with E-state index in [9.17, 15) is 4.79 Å². The van der Waals surface area contributed by atoms with E-state index in [1.165, 1.54) is 5.39 Å². The second-order valence-electron chi connectivity index (χ2n) is 6.43. The van der Waals surface area contributed by atoms with Gasteiger partial charge in [-0.05, 0) is 43.4 Å². The monoisotopic (exact) mass is 338 g/mol. The molecule has 1 unspecified atom stereocenters. The number of carbonyl (C=O) groups excluding carboxylic acids is 1. The van der Waals surface area contributed by atoms with Crippen LogP contribution in [-0.4, -0.2) is 43.6 Å². The Bertz CT molecular complexity index is 869. The number of benzene rings is 1. The first-order valence-corrected chi connectivity index (χ1v) is 8.75. The van der Waals surface area contributed by atoms with Gasteiger partial charge in [-0.1, -0.05) is 11.3 Å².